The summed E-state index contributed by atoms with van der Waals surface area (Å²) in [6.45, 7) is 1.03. The van der Waals surface area contributed by atoms with Crippen molar-refractivity contribution in [3.05, 3.63) is 35.3 Å². The van der Waals surface area contributed by atoms with Gasteiger partial charge in [0.25, 0.3) is 0 Å². The summed E-state index contributed by atoms with van der Waals surface area (Å²) in [7, 11) is 0. The Hall–Kier alpha value is -2.12. The molecule has 7 heteroatoms. The lowest BCUT2D eigenvalue weighted by Gasteiger charge is -2.05. The molecule has 1 heterocycles. The Kier molecular flexibility index (Phi) is 6.17. The van der Waals surface area contributed by atoms with Crippen LogP contribution in [-0.2, 0) is 6.54 Å². The molecule has 2 rings (SSSR count). The third-order valence-electron chi connectivity index (χ3n) is 2.89. The van der Waals surface area contributed by atoms with Crippen molar-refractivity contribution in [3.63, 3.8) is 0 Å². The molecule has 118 valence electrons. The molecule has 1 amide bonds. The Balaban J connectivity index is 1.91. The number of unbranched alkanes of at least 4 members (excludes halogenated alkanes) is 1. The zero-order valence-corrected chi connectivity index (χ0v) is 12.8. The number of carboxylic acid groups (broad SMARTS) is 1. The van der Waals surface area contributed by atoms with Gasteiger partial charge < -0.3 is 20.3 Å². The quantitative estimate of drug-likeness (QED) is 0.650. The van der Waals surface area contributed by atoms with E-state index < -0.39 is 6.09 Å². The molecule has 22 heavy (non-hydrogen) atoms. The van der Waals surface area contributed by atoms with Gasteiger partial charge >= 0.3 is 6.09 Å². The highest BCUT2D eigenvalue weighted by molar-refractivity contribution is 7.15. The molecular formula is C15H18N2O4S. The van der Waals surface area contributed by atoms with E-state index in [-0.39, 0.29) is 13.2 Å². The highest BCUT2D eigenvalue weighted by Gasteiger charge is 2.06. The minimum atomic E-state index is -1.04. The Morgan fingerprint density at radius 1 is 1.27 bits per heavy atom. The molecule has 3 N–H and O–H groups in total. The van der Waals surface area contributed by atoms with Gasteiger partial charge in [-0.3, -0.25) is 0 Å². The molecule has 0 spiro atoms. The molecule has 0 saturated carbocycles. The maximum atomic E-state index is 10.5. The number of aliphatic hydroxyl groups excluding tert-OH is 1. The first-order valence-corrected chi connectivity index (χ1v) is 7.76. The molecule has 0 bridgehead atoms. The predicted octanol–water partition coefficient (Wildman–Crippen LogP) is 2.73. The van der Waals surface area contributed by atoms with Gasteiger partial charge in [0.05, 0.1) is 13.2 Å². The molecule has 0 saturated heterocycles. The molecule has 1 aromatic carbocycles. The topological polar surface area (TPSA) is 91.7 Å². The van der Waals surface area contributed by atoms with E-state index in [2.05, 4.69) is 10.3 Å². The van der Waals surface area contributed by atoms with Crippen LogP contribution in [0, 0.1) is 0 Å². The molecule has 0 fully saturated rings. The smallest absolute Gasteiger partial charge is 0.404 e. The van der Waals surface area contributed by atoms with Crippen LogP contribution in [0.5, 0.6) is 5.75 Å². The number of benzene rings is 1. The number of hydrogen-bond acceptors (Lipinski definition) is 5. The Labute approximate surface area is 132 Å². The predicted molar refractivity (Wildman–Crippen MR) is 84.2 cm³/mol. The highest BCUT2D eigenvalue weighted by atomic mass is 32.1. The van der Waals surface area contributed by atoms with Crippen molar-refractivity contribution in [1.29, 1.82) is 0 Å². The minimum absolute atomic E-state index is 0.186. The van der Waals surface area contributed by atoms with Crippen molar-refractivity contribution in [2.75, 3.05) is 13.2 Å². The molecule has 2 aromatic rings. The zero-order valence-electron chi connectivity index (χ0n) is 12.0. The lowest BCUT2D eigenvalue weighted by molar-refractivity contribution is 0.194. The van der Waals surface area contributed by atoms with Crippen molar-refractivity contribution in [1.82, 2.24) is 10.3 Å². The van der Waals surface area contributed by atoms with Crippen LogP contribution in [0.1, 0.15) is 17.7 Å². The van der Waals surface area contributed by atoms with Gasteiger partial charge in [0.15, 0.2) is 0 Å². The molecule has 0 aliphatic rings. The molecule has 0 aliphatic heterocycles. The summed E-state index contributed by atoms with van der Waals surface area (Å²) in [4.78, 5) is 15.6. The fourth-order valence-corrected chi connectivity index (χ4v) is 2.64. The molecule has 0 atom stereocenters. The first-order valence-electron chi connectivity index (χ1n) is 6.94. The van der Waals surface area contributed by atoms with Gasteiger partial charge in [-0.2, -0.15) is 0 Å². The fraction of sp³-hybridized carbons (Fsp3) is 0.333. The highest BCUT2D eigenvalue weighted by Crippen LogP contribution is 2.26. The van der Waals surface area contributed by atoms with Crippen LogP contribution in [0.4, 0.5) is 4.79 Å². The lowest BCUT2D eigenvalue weighted by Crippen LogP contribution is -2.19. The van der Waals surface area contributed by atoms with E-state index >= 15 is 0 Å². The summed E-state index contributed by atoms with van der Waals surface area (Å²) in [5.74, 6) is 0.783. The first kappa shape index (κ1) is 16.3. The second kappa shape index (κ2) is 8.35. The van der Waals surface area contributed by atoms with Crippen molar-refractivity contribution in [3.8, 4) is 16.3 Å². The van der Waals surface area contributed by atoms with E-state index in [1.807, 2.05) is 24.3 Å². The third-order valence-corrected chi connectivity index (χ3v) is 3.94. The standard InChI is InChI=1S/C15H18N2O4S/c18-7-1-2-8-21-12-5-3-11(4-6-12)14-16-9-13(22-14)10-17-15(19)20/h3-6,9,17-18H,1-2,7-8,10H2,(H,19,20). The second-order valence-electron chi connectivity index (χ2n) is 4.59. The number of aromatic nitrogens is 1. The normalized spacial score (nSPS) is 10.4. The van der Waals surface area contributed by atoms with E-state index in [9.17, 15) is 4.79 Å². The van der Waals surface area contributed by atoms with Crippen molar-refractivity contribution >= 4 is 17.4 Å². The summed E-state index contributed by atoms with van der Waals surface area (Å²) in [5, 5.41) is 20.4. The van der Waals surface area contributed by atoms with Crippen molar-refractivity contribution < 1.29 is 19.7 Å². The van der Waals surface area contributed by atoms with Crippen LogP contribution >= 0.6 is 11.3 Å². The SMILES string of the molecule is O=C(O)NCc1cnc(-c2ccc(OCCCCO)cc2)s1. The summed E-state index contributed by atoms with van der Waals surface area (Å²) in [5.41, 5.74) is 0.967. The molecule has 0 aliphatic carbocycles. The largest absolute Gasteiger partial charge is 0.494 e. The maximum Gasteiger partial charge on any atom is 0.404 e. The number of thiazole rings is 1. The number of nitrogens with one attached hydrogen (secondary N) is 1. The number of ether oxygens (including phenoxy) is 1. The minimum Gasteiger partial charge on any atom is -0.494 e. The van der Waals surface area contributed by atoms with Gasteiger partial charge in [0.1, 0.15) is 10.8 Å². The van der Waals surface area contributed by atoms with E-state index in [0.29, 0.717) is 6.61 Å². The van der Waals surface area contributed by atoms with Crippen LogP contribution in [0.15, 0.2) is 30.5 Å². The Morgan fingerprint density at radius 3 is 2.73 bits per heavy atom. The first-order chi connectivity index (χ1) is 10.7. The lowest BCUT2D eigenvalue weighted by atomic mass is 10.2. The van der Waals surface area contributed by atoms with Crippen LogP contribution in [0.25, 0.3) is 10.6 Å². The van der Waals surface area contributed by atoms with Gasteiger partial charge in [0, 0.05) is 23.2 Å². The molecule has 1 aromatic heterocycles. The maximum absolute atomic E-state index is 10.5. The van der Waals surface area contributed by atoms with E-state index in [4.69, 9.17) is 14.9 Å². The fourth-order valence-electron chi connectivity index (χ4n) is 1.78. The number of carbonyl (C=O) groups is 1. The summed E-state index contributed by atoms with van der Waals surface area (Å²) < 4.78 is 5.57. The van der Waals surface area contributed by atoms with Gasteiger partial charge in [-0.15, -0.1) is 11.3 Å². The van der Waals surface area contributed by atoms with Crippen LogP contribution in [-0.4, -0.2) is 34.5 Å². The van der Waals surface area contributed by atoms with E-state index in [0.717, 1.165) is 34.0 Å². The molecular weight excluding hydrogens is 304 g/mol. The van der Waals surface area contributed by atoms with Crippen LogP contribution < -0.4 is 10.1 Å². The van der Waals surface area contributed by atoms with Gasteiger partial charge in [-0.1, -0.05) is 0 Å². The third kappa shape index (κ3) is 5.01. The number of nitrogens with zero attached hydrogens (tertiary/aromatic N) is 1. The molecule has 0 unspecified atom stereocenters. The second-order valence-corrected chi connectivity index (χ2v) is 5.71. The summed E-state index contributed by atoms with van der Waals surface area (Å²) >= 11 is 1.45. The summed E-state index contributed by atoms with van der Waals surface area (Å²) in [6.07, 6.45) is 2.20. The number of aliphatic hydroxyl groups is 1. The van der Waals surface area contributed by atoms with Crippen molar-refractivity contribution in [2.45, 2.75) is 19.4 Å². The monoisotopic (exact) mass is 322 g/mol. The van der Waals surface area contributed by atoms with Crippen LogP contribution in [0.2, 0.25) is 0 Å². The van der Waals surface area contributed by atoms with Gasteiger partial charge in [0.2, 0.25) is 0 Å². The van der Waals surface area contributed by atoms with Gasteiger partial charge in [-0.25, -0.2) is 9.78 Å². The Bertz CT molecular complexity index is 598. The number of rotatable bonds is 8. The Morgan fingerprint density at radius 2 is 2.05 bits per heavy atom. The molecule has 0 radical (unpaired) electrons. The van der Waals surface area contributed by atoms with Crippen LogP contribution in [0.3, 0.4) is 0 Å². The van der Waals surface area contributed by atoms with Gasteiger partial charge in [-0.05, 0) is 37.1 Å². The average molecular weight is 322 g/mol. The number of hydrogen-bond donors (Lipinski definition) is 3. The average Bonchev–Trinajstić information content (AvgIpc) is 2.99. The number of amides is 1. The zero-order chi connectivity index (χ0) is 15.8. The van der Waals surface area contributed by atoms with E-state index in [1.54, 1.807) is 6.20 Å². The van der Waals surface area contributed by atoms with Crippen molar-refractivity contribution in [2.24, 2.45) is 0 Å². The van der Waals surface area contributed by atoms with E-state index in [1.165, 1.54) is 11.3 Å². The summed E-state index contributed by atoms with van der Waals surface area (Å²) in [6, 6.07) is 7.61. The molecule has 6 nitrogen and oxygen atoms in total.